The minimum atomic E-state index is -0.662. The highest BCUT2D eigenvalue weighted by molar-refractivity contribution is 5.97. The van der Waals surface area contributed by atoms with Gasteiger partial charge in [-0.25, -0.2) is 4.99 Å². The minimum Gasteiger partial charge on any atom is -0.438 e. The number of para-hydroxylation sites is 3. The quantitative estimate of drug-likeness (QED) is 0.700. The predicted octanol–water partition coefficient (Wildman–Crippen LogP) is 5.15. The highest BCUT2D eigenvalue weighted by atomic mass is 16.5. The van der Waals surface area contributed by atoms with Crippen LogP contribution in [-0.2, 0) is 5.54 Å². The van der Waals surface area contributed by atoms with Gasteiger partial charge in [-0.15, -0.1) is 0 Å². The maximum Gasteiger partial charge on any atom is 0.227 e. The van der Waals surface area contributed by atoms with Crippen LogP contribution in [0.3, 0.4) is 0 Å². The summed E-state index contributed by atoms with van der Waals surface area (Å²) in [7, 11) is 0. The fourth-order valence-corrected chi connectivity index (χ4v) is 3.24. The van der Waals surface area contributed by atoms with Gasteiger partial charge < -0.3 is 10.1 Å². The van der Waals surface area contributed by atoms with E-state index in [1.165, 1.54) is 0 Å². The zero-order chi connectivity index (χ0) is 18.1. The van der Waals surface area contributed by atoms with Gasteiger partial charge in [-0.1, -0.05) is 36.4 Å². The third-order valence-corrected chi connectivity index (χ3v) is 4.74. The van der Waals surface area contributed by atoms with E-state index in [-0.39, 0.29) is 0 Å². The number of nitrogens with one attached hydrogen (secondary N) is 1. The van der Waals surface area contributed by atoms with Crippen molar-refractivity contribution in [3.05, 3.63) is 83.7 Å². The van der Waals surface area contributed by atoms with Crippen molar-refractivity contribution in [2.24, 2.45) is 4.99 Å². The Labute approximate surface area is 153 Å². The van der Waals surface area contributed by atoms with Crippen LogP contribution in [0.15, 0.2) is 71.9 Å². The molecule has 1 unspecified atom stereocenters. The topological polar surface area (TPSA) is 46.5 Å². The molecule has 2 heterocycles. The van der Waals surface area contributed by atoms with Gasteiger partial charge in [0.1, 0.15) is 0 Å². The van der Waals surface area contributed by atoms with Gasteiger partial charge in [0.15, 0.2) is 11.3 Å². The molecule has 1 aliphatic heterocycles. The van der Waals surface area contributed by atoms with Gasteiger partial charge in [0, 0.05) is 6.20 Å². The van der Waals surface area contributed by atoms with Crippen LogP contribution in [0.1, 0.15) is 23.7 Å². The lowest BCUT2D eigenvalue weighted by molar-refractivity contribution is 0.459. The maximum atomic E-state index is 6.26. The predicted molar refractivity (Wildman–Crippen MR) is 105 cm³/mol. The summed E-state index contributed by atoms with van der Waals surface area (Å²) in [6.07, 6.45) is 1.79. The van der Waals surface area contributed by atoms with E-state index in [0.29, 0.717) is 5.90 Å². The average molecular weight is 343 g/mol. The Morgan fingerprint density at radius 2 is 1.65 bits per heavy atom. The van der Waals surface area contributed by atoms with Gasteiger partial charge in [-0.05, 0) is 56.2 Å². The van der Waals surface area contributed by atoms with Crippen molar-refractivity contribution in [1.82, 2.24) is 4.98 Å². The zero-order valence-electron chi connectivity index (χ0n) is 15.2. The van der Waals surface area contributed by atoms with Crippen LogP contribution in [0.2, 0.25) is 0 Å². The molecule has 1 aliphatic rings. The first kappa shape index (κ1) is 16.3. The molecule has 1 atom stereocenters. The first-order valence-corrected chi connectivity index (χ1v) is 8.70. The lowest BCUT2D eigenvalue weighted by Gasteiger charge is -2.37. The highest BCUT2D eigenvalue weighted by Gasteiger charge is 2.40. The number of hydrogen-bond donors (Lipinski definition) is 1. The van der Waals surface area contributed by atoms with Gasteiger partial charge in [-0.3, -0.25) is 4.98 Å². The molecule has 1 aromatic heterocycles. The third kappa shape index (κ3) is 2.73. The Bertz CT molecular complexity index is 961. The Balaban J connectivity index is 1.91. The second-order valence-electron chi connectivity index (χ2n) is 6.72. The molecule has 0 saturated carbocycles. The smallest absolute Gasteiger partial charge is 0.227 e. The number of aryl methyl sites for hydroxylation is 2. The molecule has 0 bridgehead atoms. The minimum absolute atomic E-state index is 0.590. The van der Waals surface area contributed by atoms with E-state index >= 15 is 0 Å². The average Bonchev–Trinajstić information content (AvgIpc) is 2.66. The van der Waals surface area contributed by atoms with Crippen molar-refractivity contribution in [1.29, 1.82) is 0 Å². The number of fused-ring (bicyclic) bond motifs is 1. The lowest BCUT2D eigenvalue weighted by atomic mass is 9.94. The number of aliphatic imine (C=N–C) groups is 1. The summed E-state index contributed by atoms with van der Waals surface area (Å²) in [6.45, 7) is 6.18. The maximum absolute atomic E-state index is 6.26. The van der Waals surface area contributed by atoms with Gasteiger partial charge in [0.05, 0.1) is 17.1 Å². The second-order valence-corrected chi connectivity index (χ2v) is 6.72. The van der Waals surface area contributed by atoms with E-state index in [0.717, 1.165) is 33.9 Å². The van der Waals surface area contributed by atoms with Crippen molar-refractivity contribution in [2.75, 3.05) is 5.32 Å². The molecule has 3 aromatic rings. The Kier molecular flexibility index (Phi) is 3.96. The summed E-state index contributed by atoms with van der Waals surface area (Å²) in [5.41, 5.74) is 4.29. The summed E-state index contributed by atoms with van der Waals surface area (Å²) >= 11 is 0. The molecule has 0 amide bonds. The Morgan fingerprint density at radius 1 is 0.923 bits per heavy atom. The molecule has 4 nitrogen and oxygen atoms in total. The van der Waals surface area contributed by atoms with E-state index in [4.69, 9.17) is 9.73 Å². The number of rotatable bonds is 2. The van der Waals surface area contributed by atoms with E-state index in [1.807, 2.05) is 48.5 Å². The lowest BCUT2D eigenvalue weighted by Crippen LogP contribution is -2.47. The molecule has 0 fully saturated rings. The Morgan fingerprint density at radius 3 is 2.38 bits per heavy atom. The van der Waals surface area contributed by atoms with Crippen molar-refractivity contribution in [3.63, 3.8) is 0 Å². The van der Waals surface area contributed by atoms with Crippen LogP contribution in [0.4, 0.5) is 11.4 Å². The third-order valence-electron chi connectivity index (χ3n) is 4.74. The molecule has 0 spiro atoms. The summed E-state index contributed by atoms with van der Waals surface area (Å²) in [5, 5.41) is 3.58. The first-order valence-electron chi connectivity index (χ1n) is 8.70. The highest BCUT2D eigenvalue weighted by Crippen LogP contribution is 2.39. The fourth-order valence-electron chi connectivity index (χ4n) is 3.24. The van der Waals surface area contributed by atoms with Crippen molar-refractivity contribution in [2.45, 2.75) is 26.3 Å². The number of ether oxygens (including phenoxy) is 1. The van der Waals surface area contributed by atoms with E-state index in [1.54, 1.807) is 6.20 Å². The number of aromatic nitrogens is 1. The number of benzene rings is 2. The normalized spacial score (nSPS) is 20.2. The van der Waals surface area contributed by atoms with Crippen LogP contribution >= 0.6 is 0 Å². The van der Waals surface area contributed by atoms with Crippen LogP contribution in [-0.4, -0.2) is 10.9 Å². The number of anilines is 1. The largest absolute Gasteiger partial charge is 0.438 e. The summed E-state index contributed by atoms with van der Waals surface area (Å²) in [5.74, 6) is 1.36. The molecule has 4 rings (SSSR count). The van der Waals surface area contributed by atoms with Crippen molar-refractivity contribution in [3.8, 4) is 5.75 Å². The van der Waals surface area contributed by atoms with E-state index in [2.05, 4.69) is 43.2 Å². The monoisotopic (exact) mass is 343 g/mol. The molecular weight excluding hydrogens is 322 g/mol. The van der Waals surface area contributed by atoms with Crippen molar-refractivity contribution >= 4 is 17.3 Å². The second kappa shape index (κ2) is 6.30. The Hall–Kier alpha value is -3.14. The number of hydrogen-bond acceptors (Lipinski definition) is 4. The van der Waals surface area contributed by atoms with Crippen molar-refractivity contribution < 1.29 is 4.74 Å². The first-order chi connectivity index (χ1) is 12.6. The van der Waals surface area contributed by atoms with Crippen LogP contribution < -0.4 is 10.1 Å². The van der Waals surface area contributed by atoms with Gasteiger partial charge in [0.2, 0.25) is 5.90 Å². The SMILES string of the molecule is Cc1cccc(C)c1N=C1Oc2ccccc2NC1(C)c1ccccn1. The van der Waals surface area contributed by atoms with E-state index < -0.39 is 5.54 Å². The molecular formula is C22H21N3O. The molecule has 0 aliphatic carbocycles. The van der Waals surface area contributed by atoms with E-state index in [9.17, 15) is 0 Å². The van der Waals surface area contributed by atoms with Crippen LogP contribution in [0, 0.1) is 13.8 Å². The van der Waals surface area contributed by atoms with Gasteiger partial charge in [0.25, 0.3) is 0 Å². The standard InChI is InChI=1S/C22H21N3O/c1-15-9-8-10-16(2)20(15)24-21-22(3,19-13-6-7-14-23-19)25-17-11-4-5-12-18(17)26-21/h4-14,25H,1-3H3. The summed E-state index contributed by atoms with van der Waals surface area (Å²) in [4.78, 5) is 9.50. The van der Waals surface area contributed by atoms with Crippen LogP contribution in [0.25, 0.3) is 0 Å². The van der Waals surface area contributed by atoms with Crippen LogP contribution in [0.5, 0.6) is 5.75 Å². The number of nitrogens with zero attached hydrogens (tertiary/aromatic N) is 2. The molecule has 2 aromatic carbocycles. The molecule has 1 N–H and O–H groups in total. The van der Waals surface area contributed by atoms with Gasteiger partial charge >= 0.3 is 0 Å². The molecule has 130 valence electrons. The molecule has 0 radical (unpaired) electrons. The molecule has 26 heavy (non-hydrogen) atoms. The zero-order valence-corrected chi connectivity index (χ0v) is 15.2. The summed E-state index contributed by atoms with van der Waals surface area (Å²) in [6, 6.07) is 19.9. The summed E-state index contributed by atoms with van der Waals surface area (Å²) < 4.78 is 6.26. The number of pyridine rings is 1. The fraction of sp³-hybridized carbons (Fsp3) is 0.182. The molecule has 0 saturated heterocycles. The molecule has 4 heteroatoms. The van der Waals surface area contributed by atoms with Gasteiger partial charge in [-0.2, -0.15) is 0 Å².